The summed E-state index contributed by atoms with van der Waals surface area (Å²) in [5.41, 5.74) is 0. The van der Waals surface area contributed by atoms with Crippen LogP contribution in [0.5, 0.6) is 0 Å². The monoisotopic (exact) mass is 328 g/mol. The first-order chi connectivity index (χ1) is 8.66. The fourth-order valence-electron chi connectivity index (χ4n) is 2.19. The summed E-state index contributed by atoms with van der Waals surface area (Å²) in [7, 11) is 0. The Morgan fingerprint density at radius 3 is 2.83 bits per heavy atom. The second-order valence-electron chi connectivity index (χ2n) is 4.66. The van der Waals surface area contributed by atoms with Gasteiger partial charge in [0.05, 0.1) is 12.5 Å². The number of carbonyl (C=O) groups excluding carboxylic acids is 2. The lowest BCUT2D eigenvalue weighted by molar-refractivity contribution is -0.139. The van der Waals surface area contributed by atoms with Gasteiger partial charge in [-0.1, -0.05) is 0 Å². The van der Waals surface area contributed by atoms with Crippen LogP contribution in [0.2, 0.25) is 0 Å². The highest BCUT2D eigenvalue weighted by molar-refractivity contribution is 9.10. The molecule has 1 saturated carbocycles. The number of amides is 2. The fraction of sp³-hybridized carbons (Fsp3) is 0.500. The van der Waals surface area contributed by atoms with Crippen molar-refractivity contribution in [1.29, 1.82) is 0 Å². The first kappa shape index (κ1) is 12.3. The van der Waals surface area contributed by atoms with Gasteiger partial charge in [0.2, 0.25) is 11.8 Å². The van der Waals surface area contributed by atoms with Gasteiger partial charge in [-0.05, 0) is 40.2 Å². The number of hydrogen-bond donors (Lipinski definition) is 1. The van der Waals surface area contributed by atoms with Crippen LogP contribution in [-0.4, -0.2) is 28.8 Å². The topological polar surface area (TPSA) is 49.4 Å². The third-order valence-electron chi connectivity index (χ3n) is 3.30. The molecule has 1 aliphatic heterocycles. The van der Waals surface area contributed by atoms with Gasteiger partial charge in [-0.2, -0.15) is 0 Å². The molecule has 0 bridgehead atoms. The van der Waals surface area contributed by atoms with Crippen molar-refractivity contribution < 1.29 is 9.59 Å². The Bertz CT molecular complexity index is 498. The molecule has 18 heavy (non-hydrogen) atoms. The third kappa shape index (κ3) is 2.24. The van der Waals surface area contributed by atoms with Crippen LogP contribution in [0.4, 0.5) is 0 Å². The Hall–Kier alpha value is -0.720. The lowest BCUT2D eigenvalue weighted by Gasteiger charge is -2.14. The molecule has 0 radical (unpaired) electrons. The van der Waals surface area contributed by atoms with Crippen LogP contribution in [0.1, 0.15) is 24.1 Å². The normalized spacial score (nSPS) is 24.1. The molecule has 2 aliphatic rings. The first-order valence-corrected chi connectivity index (χ1v) is 7.65. The number of thiophene rings is 1. The molecule has 3 rings (SSSR count). The largest absolute Gasteiger partial charge is 0.300 e. The molecule has 1 N–H and O–H groups in total. The minimum atomic E-state index is -0.341. The van der Waals surface area contributed by atoms with Crippen molar-refractivity contribution in [1.82, 2.24) is 10.2 Å². The average molecular weight is 329 g/mol. The van der Waals surface area contributed by atoms with Gasteiger partial charge in [-0.3, -0.25) is 14.5 Å². The SMILES string of the molecule is O=C1CC(NCc2sccc2Br)C(=O)N1C1CC1. The van der Waals surface area contributed by atoms with E-state index in [0.717, 1.165) is 22.2 Å². The van der Waals surface area contributed by atoms with Crippen LogP contribution in [0.3, 0.4) is 0 Å². The molecule has 0 spiro atoms. The first-order valence-electron chi connectivity index (χ1n) is 5.98. The molecule has 1 aromatic heterocycles. The van der Waals surface area contributed by atoms with E-state index in [1.807, 2.05) is 11.4 Å². The molecule has 4 nitrogen and oxygen atoms in total. The van der Waals surface area contributed by atoms with E-state index in [1.165, 1.54) is 4.90 Å². The Labute approximate surface area is 117 Å². The van der Waals surface area contributed by atoms with Crippen LogP contribution >= 0.6 is 27.3 Å². The van der Waals surface area contributed by atoms with Crippen molar-refractivity contribution in [3.05, 3.63) is 20.8 Å². The Morgan fingerprint density at radius 2 is 2.22 bits per heavy atom. The number of imide groups is 1. The van der Waals surface area contributed by atoms with E-state index in [0.29, 0.717) is 13.0 Å². The number of carbonyl (C=O) groups is 2. The van der Waals surface area contributed by atoms with Crippen molar-refractivity contribution in [3.63, 3.8) is 0 Å². The summed E-state index contributed by atoms with van der Waals surface area (Å²) in [5.74, 6) is -0.0691. The minimum absolute atomic E-state index is 0.0229. The second-order valence-corrected chi connectivity index (χ2v) is 6.52. The van der Waals surface area contributed by atoms with E-state index in [4.69, 9.17) is 0 Å². The number of rotatable bonds is 4. The summed E-state index contributed by atoms with van der Waals surface area (Å²) >= 11 is 5.09. The van der Waals surface area contributed by atoms with Crippen molar-refractivity contribution in [2.24, 2.45) is 0 Å². The molecule has 1 atom stereocenters. The van der Waals surface area contributed by atoms with Crippen LogP contribution in [0.15, 0.2) is 15.9 Å². The predicted molar refractivity (Wildman–Crippen MR) is 72.1 cm³/mol. The zero-order valence-electron chi connectivity index (χ0n) is 9.69. The molecule has 1 aromatic rings. The number of hydrogen-bond acceptors (Lipinski definition) is 4. The van der Waals surface area contributed by atoms with Crippen molar-refractivity contribution in [2.45, 2.75) is 37.9 Å². The van der Waals surface area contributed by atoms with Crippen molar-refractivity contribution >= 4 is 39.1 Å². The minimum Gasteiger partial charge on any atom is -0.300 e. The van der Waals surface area contributed by atoms with E-state index >= 15 is 0 Å². The third-order valence-corrected chi connectivity index (χ3v) is 5.22. The van der Waals surface area contributed by atoms with Crippen molar-refractivity contribution in [2.75, 3.05) is 0 Å². The highest BCUT2D eigenvalue weighted by Crippen LogP contribution is 2.31. The highest BCUT2D eigenvalue weighted by atomic mass is 79.9. The maximum Gasteiger partial charge on any atom is 0.247 e. The fourth-order valence-corrected chi connectivity index (χ4v) is 3.64. The predicted octanol–water partition coefficient (Wildman–Crippen LogP) is 1.89. The summed E-state index contributed by atoms with van der Waals surface area (Å²) in [6, 6.07) is 1.83. The van der Waals surface area contributed by atoms with Crippen LogP contribution in [-0.2, 0) is 16.1 Å². The quantitative estimate of drug-likeness (QED) is 0.859. The standard InChI is InChI=1S/C12H13BrN2O2S/c13-8-3-4-18-10(8)6-14-9-5-11(16)15(12(9)17)7-1-2-7/h3-4,7,9,14H,1-2,5-6H2. The van der Waals surface area contributed by atoms with E-state index in [2.05, 4.69) is 21.2 Å². The molecule has 2 amide bonds. The van der Waals surface area contributed by atoms with Gasteiger partial charge >= 0.3 is 0 Å². The molecule has 0 aromatic carbocycles. The number of likely N-dealkylation sites (tertiary alicyclic amines) is 1. The Balaban J connectivity index is 1.62. The summed E-state index contributed by atoms with van der Waals surface area (Å²) in [4.78, 5) is 26.5. The van der Waals surface area contributed by atoms with Crippen LogP contribution in [0, 0.1) is 0 Å². The number of nitrogens with one attached hydrogen (secondary N) is 1. The highest BCUT2D eigenvalue weighted by Gasteiger charge is 2.45. The summed E-state index contributed by atoms with van der Waals surface area (Å²) < 4.78 is 1.05. The molecule has 2 fully saturated rings. The Kier molecular flexibility index (Phi) is 3.25. The van der Waals surface area contributed by atoms with Gasteiger partial charge in [0.15, 0.2) is 0 Å². The molecule has 1 aliphatic carbocycles. The van der Waals surface area contributed by atoms with Gasteiger partial charge in [0, 0.05) is 21.9 Å². The smallest absolute Gasteiger partial charge is 0.247 e. The molecule has 6 heteroatoms. The second kappa shape index (κ2) is 4.75. The van der Waals surface area contributed by atoms with E-state index < -0.39 is 0 Å². The van der Waals surface area contributed by atoms with Gasteiger partial charge < -0.3 is 5.32 Å². The summed E-state index contributed by atoms with van der Waals surface area (Å²) in [6.45, 7) is 0.625. The van der Waals surface area contributed by atoms with E-state index in [1.54, 1.807) is 11.3 Å². The maximum atomic E-state index is 12.1. The van der Waals surface area contributed by atoms with Crippen LogP contribution in [0.25, 0.3) is 0 Å². The van der Waals surface area contributed by atoms with Crippen LogP contribution < -0.4 is 5.32 Å². The average Bonchev–Trinajstić information content (AvgIpc) is 3.01. The summed E-state index contributed by atoms with van der Waals surface area (Å²) in [5, 5.41) is 5.19. The lowest BCUT2D eigenvalue weighted by Crippen LogP contribution is -2.39. The van der Waals surface area contributed by atoms with E-state index in [-0.39, 0.29) is 23.9 Å². The molecule has 96 valence electrons. The number of halogens is 1. The molecule has 1 unspecified atom stereocenters. The zero-order valence-corrected chi connectivity index (χ0v) is 12.1. The maximum absolute atomic E-state index is 12.1. The number of nitrogens with zero attached hydrogens (tertiary/aromatic N) is 1. The van der Waals surface area contributed by atoms with Gasteiger partial charge in [0.25, 0.3) is 0 Å². The van der Waals surface area contributed by atoms with E-state index in [9.17, 15) is 9.59 Å². The Morgan fingerprint density at radius 1 is 1.44 bits per heavy atom. The zero-order chi connectivity index (χ0) is 12.7. The van der Waals surface area contributed by atoms with Crippen molar-refractivity contribution in [3.8, 4) is 0 Å². The summed E-state index contributed by atoms with van der Waals surface area (Å²) in [6.07, 6.45) is 2.25. The van der Waals surface area contributed by atoms with Gasteiger partial charge in [-0.15, -0.1) is 11.3 Å². The van der Waals surface area contributed by atoms with Gasteiger partial charge in [0.1, 0.15) is 0 Å². The molecular weight excluding hydrogens is 316 g/mol. The molecule has 2 heterocycles. The molecule has 1 saturated heterocycles. The lowest BCUT2D eigenvalue weighted by atomic mass is 10.2. The molecular formula is C12H13BrN2O2S. The van der Waals surface area contributed by atoms with Gasteiger partial charge in [-0.25, -0.2) is 0 Å².